The van der Waals surface area contributed by atoms with Crippen LogP contribution in [0.15, 0.2) is 94.2 Å². The number of hydrogen-bond acceptors (Lipinski definition) is 8. The van der Waals surface area contributed by atoms with Crippen molar-refractivity contribution in [1.29, 1.82) is 5.26 Å². The first-order valence-electron chi connectivity index (χ1n) is 10.4. The maximum absolute atomic E-state index is 13.4. The molecule has 1 N–H and O–H groups in total. The Kier molecular flexibility index (Phi) is 6.20. The minimum atomic E-state index is -3.95. The smallest absolute Gasteiger partial charge is 0.263 e. The fraction of sp³-hybridized carbons (Fsp3) is 0. The van der Waals surface area contributed by atoms with E-state index in [9.17, 15) is 18.1 Å². The molecular weight excluding hydrogens is 503 g/mol. The van der Waals surface area contributed by atoms with Crippen LogP contribution < -0.4 is 9.46 Å². The molecule has 0 aliphatic heterocycles. The van der Waals surface area contributed by atoms with Gasteiger partial charge in [-0.2, -0.15) is 5.26 Å². The van der Waals surface area contributed by atoms with Gasteiger partial charge in [-0.1, -0.05) is 0 Å². The van der Waals surface area contributed by atoms with E-state index < -0.39 is 10.0 Å². The highest BCUT2D eigenvalue weighted by atomic mass is 32.2. The fourth-order valence-electron chi connectivity index (χ4n) is 3.36. The van der Waals surface area contributed by atoms with E-state index in [1.807, 2.05) is 6.07 Å². The molecule has 0 spiro atoms. The van der Waals surface area contributed by atoms with E-state index in [1.165, 1.54) is 55.3 Å². The van der Waals surface area contributed by atoms with E-state index in [4.69, 9.17) is 9.15 Å². The van der Waals surface area contributed by atoms with Crippen molar-refractivity contribution in [3.05, 3.63) is 96.3 Å². The number of aromatic nitrogens is 2. The van der Waals surface area contributed by atoms with Crippen LogP contribution in [-0.4, -0.2) is 18.4 Å². The van der Waals surface area contributed by atoms with Crippen molar-refractivity contribution in [3.63, 3.8) is 0 Å². The summed E-state index contributed by atoms with van der Waals surface area (Å²) < 4.78 is 52.4. The molecule has 0 unspecified atom stereocenters. The second-order valence-corrected chi connectivity index (χ2v) is 9.98. The average molecular weight is 519 g/mol. The molecule has 0 fully saturated rings. The number of ether oxygens (including phenoxy) is 1. The summed E-state index contributed by atoms with van der Waals surface area (Å²) in [4.78, 5) is 8.23. The molecule has 0 bridgehead atoms. The molecule has 2 aromatic carbocycles. The first kappa shape index (κ1) is 23.2. The van der Waals surface area contributed by atoms with Crippen molar-refractivity contribution in [2.45, 2.75) is 4.90 Å². The third kappa shape index (κ3) is 4.81. The zero-order valence-electron chi connectivity index (χ0n) is 18.3. The molecule has 0 radical (unpaired) electrons. The Hall–Kier alpha value is -4.53. The molecule has 0 saturated carbocycles. The van der Waals surface area contributed by atoms with Crippen molar-refractivity contribution in [1.82, 2.24) is 9.97 Å². The number of anilines is 1. The standard InChI is InChI=1S/C25H15FN4O4S2/c26-19-3-1-16(2-4-19)22-12-21(17-7-9-33-15-17)24(14-29-22)34-23-6-5-20(11-18(23)13-27)36(31,32)30-25-28-8-10-35-25/h1-12,14-15H,(H,28,30). The van der Waals surface area contributed by atoms with Gasteiger partial charge in [0.2, 0.25) is 0 Å². The predicted molar refractivity (Wildman–Crippen MR) is 131 cm³/mol. The molecule has 0 atom stereocenters. The summed E-state index contributed by atoms with van der Waals surface area (Å²) in [6, 6.07) is 15.4. The zero-order chi connectivity index (χ0) is 25.1. The first-order valence-corrected chi connectivity index (χ1v) is 12.7. The second-order valence-electron chi connectivity index (χ2n) is 7.40. The lowest BCUT2D eigenvalue weighted by molar-refractivity contribution is 0.480. The lowest BCUT2D eigenvalue weighted by Crippen LogP contribution is -2.13. The number of pyridine rings is 1. The number of furan rings is 1. The Morgan fingerprint density at radius 3 is 2.56 bits per heavy atom. The lowest BCUT2D eigenvalue weighted by atomic mass is 10.0. The monoisotopic (exact) mass is 518 g/mol. The van der Waals surface area contributed by atoms with E-state index in [2.05, 4.69) is 14.7 Å². The molecule has 5 rings (SSSR count). The van der Waals surface area contributed by atoms with E-state index >= 15 is 0 Å². The third-order valence-electron chi connectivity index (χ3n) is 5.10. The number of benzene rings is 2. The Morgan fingerprint density at radius 2 is 1.86 bits per heavy atom. The summed E-state index contributed by atoms with van der Waals surface area (Å²) in [7, 11) is -3.95. The Labute approximate surface area is 209 Å². The molecule has 3 aromatic heterocycles. The van der Waals surface area contributed by atoms with Gasteiger partial charge in [0.25, 0.3) is 10.0 Å². The third-order valence-corrected chi connectivity index (χ3v) is 7.25. The average Bonchev–Trinajstić information content (AvgIpc) is 3.59. The van der Waals surface area contributed by atoms with E-state index in [0.717, 1.165) is 11.3 Å². The quantitative estimate of drug-likeness (QED) is 0.278. The predicted octanol–water partition coefficient (Wildman–Crippen LogP) is 6.07. The topological polar surface area (TPSA) is 118 Å². The second kappa shape index (κ2) is 9.61. The van der Waals surface area contributed by atoms with Gasteiger partial charge in [-0.15, -0.1) is 11.3 Å². The number of sulfonamides is 1. The van der Waals surface area contributed by atoms with Gasteiger partial charge in [-0.3, -0.25) is 9.71 Å². The molecule has 8 nitrogen and oxygen atoms in total. The molecule has 5 aromatic rings. The minimum Gasteiger partial charge on any atom is -0.472 e. The number of nitriles is 1. The van der Waals surface area contributed by atoms with Crippen LogP contribution in [0.3, 0.4) is 0 Å². The number of nitrogens with zero attached hydrogens (tertiary/aromatic N) is 3. The highest BCUT2D eigenvalue weighted by molar-refractivity contribution is 7.93. The van der Waals surface area contributed by atoms with Crippen molar-refractivity contribution in [2.24, 2.45) is 0 Å². The molecular formula is C25H15FN4O4S2. The number of halogens is 1. The summed E-state index contributed by atoms with van der Waals surface area (Å²) in [6.07, 6.45) is 6.00. The summed E-state index contributed by atoms with van der Waals surface area (Å²) in [6.45, 7) is 0. The molecule has 3 heterocycles. The van der Waals surface area contributed by atoms with Crippen LogP contribution >= 0.6 is 11.3 Å². The van der Waals surface area contributed by atoms with E-state index in [0.29, 0.717) is 28.1 Å². The number of thiazole rings is 1. The maximum atomic E-state index is 13.4. The highest BCUT2D eigenvalue weighted by Crippen LogP contribution is 2.37. The number of hydrogen-bond donors (Lipinski definition) is 1. The normalized spacial score (nSPS) is 11.1. The van der Waals surface area contributed by atoms with Gasteiger partial charge < -0.3 is 9.15 Å². The van der Waals surface area contributed by atoms with Crippen LogP contribution in [0.4, 0.5) is 9.52 Å². The Morgan fingerprint density at radius 1 is 1.03 bits per heavy atom. The van der Waals surface area contributed by atoms with Crippen LogP contribution in [-0.2, 0) is 10.0 Å². The summed E-state index contributed by atoms with van der Waals surface area (Å²) >= 11 is 1.14. The minimum absolute atomic E-state index is 0.0118. The SMILES string of the molecule is N#Cc1cc(S(=O)(=O)Nc2nccs2)ccc1Oc1cnc(-c2ccc(F)cc2)cc1-c1ccoc1. The maximum Gasteiger partial charge on any atom is 0.263 e. The Balaban J connectivity index is 1.50. The largest absolute Gasteiger partial charge is 0.472 e. The molecule has 36 heavy (non-hydrogen) atoms. The highest BCUT2D eigenvalue weighted by Gasteiger charge is 2.20. The van der Waals surface area contributed by atoms with Crippen molar-refractivity contribution in [2.75, 3.05) is 4.72 Å². The lowest BCUT2D eigenvalue weighted by Gasteiger charge is -2.13. The van der Waals surface area contributed by atoms with Gasteiger partial charge in [-0.25, -0.2) is 17.8 Å². The van der Waals surface area contributed by atoms with Crippen molar-refractivity contribution >= 4 is 26.5 Å². The van der Waals surface area contributed by atoms with Crippen molar-refractivity contribution < 1.29 is 22.0 Å². The number of nitrogens with one attached hydrogen (secondary N) is 1. The van der Waals surface area contributed by atoms with Crippen LogP contribution in [0.5, 0.6) is 11.5 Å². The van der Waals surface area contributed by atoms with E-state index in [1.54, 1.807) is 29.6 Å². The van der Waals surface area contributed by atoms with Crippen LogP contribution in [0.25, 0.3) is 22.4 Å². The van der Waals surface area contributed by atoms with Crippen LogP contribution in [0.1, 0.15) is 5.56 Å². The Bertz CT molecular complexity index is 1660. The fourth-order valence-corrected chi connectivity index (χ4v) is 5.18. The van der Waals surface area contributed by atoms with Gasteiger partial charge in [-0.05, 0) is 54.6 Å². The van der Waals surface area contributed by atoms with Crippen molar-refractivity contribution in [3.8, 4) is 40.0 Å². The molecule has 0 saturated heterocycles. The zero-order valence-corrected chi connectivity index (χ0v) is 19.9. The van der Waals surface area contributed by atoms with Gasteiger partial charge >= 0.3 is 0 Å². The number of rotatable bonds is 7. The molecule has 0 aliphatic carbocycles. The molecule has 0 amide bonds. The van der Waals surface area contributed by atoms with Gasteiger partial charge in [0.1, 0.15) is 17.6 Å². The van der Waals surface area contributed by atoms with E-state index in [-0.39, 0.29) is 27.2 Å². The summed E-state index contributed by atoms with van der Waals surface area (Å²) in [5, 5.41) is 11.6. The van der Waals surface area contributed by atoms with Crippen LogP contribution in [0.2, 0.25) is 0 Å². The van der Waals surface area contributed by atoms with Gasteiger partial charge in [0.15, 0.2) is 10.9 Å². The molecule has 0 aliphatic rings. The molecule has 11 heteroatoms. The summed E-state index contributed by atoms with van der Waals surface area (Å²) in [5.41, 5.74) is 2.60. The van der Waals surface area contributed by atoms with Crippen LogP contribution in [0, 0.1) is 17.1 Å². The first-order chi connectivity index (χ1) is 17.4. The van der Waals surface area contributed by atoms with Gasteiger partial charge in [0, 0.05) is 28.3 Å². The van der Waals surface area contributed by atoms with Gasteiger partial charge in [0.05, 0.1) is 34.9 Å². The summed E-state index contributed by atoms with van der Waals surface area (Å²) in [5.74, 6) is 0.104. The molecule has 178 valence electrons.